The molecule has 0 bridgehead atoms. The van der Waals surface area contributed by atoms with Crippen LogP contribution < -0.4 is 4.74 Å². The number of rotatable bonds is 4. The Hall–Kier alpha value is -1.47. The van der Waals surface area contributed by atoms with Crippen LogP contribution in [0.5, 0.6) is 5.75 Å². The van der Waals surface area contributed by atoms with Gasteiger partial charge >= 0.3 is 0 Å². The zero-order valence-electron chi connectivity index (χ0n) is 12.3. The molecule has 2 heteroatoms. The van der Waals surface area contributed by atoms with Crippen molar-refractivity contribution in [2.45, 2.75) is 38.7 Å². The van der Waals surface area contributed by atoms with Gasteiger partial charge in [-0.1, -0.05) is 57.2 Å². The van der Waals surface area contributed by atoms with E-state index in [0.717, 1.165) is 16.9 Å². The van der Waals surface area contributed by atoms with Crippen LogP contribution in [0.2, 0.25) is 0 Å². The van der Waals surface area contributed by atoms with Gasteiger partial charge < -0.3 is 4.74 Å². The topological polar surface area (TPSA) is 9.23 Å². The molecule has 2 aromatic rings. The molecular formula is C18H21ClO. The number of halogens is 1. The highest BCUT2D eigenvalue weighted by Gasteiger charge is 2.14. The van der Waals surface area contributed by atoms with Gasteiger partial charge in [0.15, 0.2) is 0 Å². The fourth-order valence-corrected chi connectivity index (χ4v) is 2.30. The van der Waals surface area contributed by atoms with Crippen molar-refractivity contribution >= 4 is 11.6 Å². The maximum atomic E-state index is 5.94. The standard InChI is InChI=1S/C18H21ClO/c1-18(2,3)16-9-6-10-17(11-16)20-13-15-8-5-4-7-14(15)12-19/h4-11H,12-13H2,1-3H3. The van der Waals surface area contributed by atoms with E-state index in [1.54, 1.807) is 0 Å². The first kappa shape index (κ1) is 14.9. The first-order valence-electron chi connectivity index (χ1n) is 6.87. The largest absolute Gasteiger partial charge is 0.489 e. The van der Waals surface area contributed by atoms with Crippen molar-refractivity contribution in [1.82, 2.24) is 0 Å². The summed E-state index contributed by atoms with van der Waals surface area (Å²) in [5.74, 6) is 1.42. The van der Waals surface area contributed by atoms with Crippen LogP contribution in [-0.4, -0.2) is 0 Å². The Labute approximate surface area is 126 Å². The Bertz CT molecular complexity index is 570. The number of hydrogen-bond acceptors (Lipinski definition) is 1. The molecule has 0 fully saturated rings. The van der Waals surface area contributed by atoms with Crippen molar-refractivity contribution in [3.63, 3.8) is 0 Å². The Morgan fingerprint density at radius 1 is 0.950 bits per heavy atom. The Balaban J connectivity index is 2.11. The van der Waals surface area contributed by atoms with E-state index in [0.29, 0.717) is 12.5 Å². The summed E-state index contributed by atoms with van der Waals surface area (Å²) >= 11 is 5.94. The first-order chi connectivity index (χ1) is 9.50. The van der Waals surface area contributed by atoms with E-state index in [1.807, 2.05) is 30.3 Å². The lowest BCUT2D eigenvalue weighted by Gasteiger charge is -2.20. The van der Waals surface area contributed by atoms with Gasteiger partial charge in [-0.25, -0.2) is 0 Å². The third-order valence-electron chi connectivity index (χ3n) is 3.36. The third-order valence-corrected chi connectivity index (χ3v) is 3.64. The lowest BCUT2D eigenvalue weighted by Crippen LogP contribution is -2.11. The SMILES string of the molecule is CC(C)(C)c1cccc(OCc2ccccc2CCl)c1. The molecule has 0 radical (unpaired) electrons. The molecule has 20 heavy (non-hydrogen) atoms. The molecule has 2 aromatic carbocycles. The van der Waals surface area contributed by atoms with Crippen LogP contribution in [0.3, 0.4) is 0 Å². The van der Waals surface area contributed by atoms with Crippen LogP contribution in [-0.2, 0) is 17.9 Å². The van der Waals surface area contributed by atoms with E-state index in [2.05, 4.69) is 39.0 Å². The summed E-state index contributed by atoms with van der Waals surface area (Å²) in [6.45, 7) is 7.16. The Morgan fingerprint density at radius 2 is 1.65 bits per heavy atom. The van der Waals surface area contributed by atoms with Crippen LogP contribution in [0.1, 0.15) is 37.5 Å². The molecule has 0 spiro atoms. The summed E-state index contributed by atoms with van der Waals surface area (Å²) < 4.78 is 5.91. The van der Waals surface area contributed by atoms with Crippen LogP contribution >= 0.6 is 11.6 Å². The highest BCUT2D eigenvalue weighted by molar-refractivity contribution is 6.17. The predicted octanol–water partition coefficient (Wildman–Crippen LogP) is 5.30. The molecular weight excluding hydrogens is 268 g/mol. The van der Waals surface area contributed by atoms with Gasteiger partial charge in [0.25, 0.3) is 0 Å². The summed E-state index contributed by atoms with van der Waals surface area (Å²) in [4.78, 5) is 0. The van der Waals surface area contributed by atoms with Gasteiger partial charge in [-0.15, -0.1) is 11.6 Å². The fourth-order valence-electron chi connectivity index (χ4n) is 2.04. The second-order valence-corrected chi connectivity index (χ2v) is 6.24. The monoisotopic (exact) mass is 288 g/mol. The number of alkyl halides is 1. The van der Waals surface area contributed by atoms with Crippen molar-refractivity contribution in [3.05, 3.63) is 65.2 Å². The fraction of sp³-hybridized carbons (Fsp3) is 0.333. The van der Waals surface area contributed by atoms with Crippen molar-refractivity contribution in [2.24, 2.45) is 0 Å². The summed E-state index contributed by atoms with van der Waals surface area (Å²) in [7, 11) is 0. The van der Waals surface area contributed by atoms with E-state index in [1.165, 1.54) is 5.56 Å². The minimum atomic E-state index is 0.132. The normalized spacial score (nSPS) is 11.4. The smallest absolute Gasteiger partial charge is 0.120 e. The maximum absolute atomic E-state index is 5.94. The molecule has 0 saturated heterocycles. The lowest BCUT2D eigenvalue weighted by molar-refractivity contribution is 0.304. The molecule has 0 N–H and O–H groups in total. The molecule has 106 valence electrons. The Kier molecular flexibility index (Phi) is 4.72. The van der Waals surface area contributed by atoms with E-state index in [4.69, 9.17) is 16.3 Å². The van der Waals surface area contributed by atoms with Gasteiger partial charge in [-0.3, -0.25) is 0 Å². The maximum Gasteiger partial charge on any atom is 0.120 e. The quantitative estimate of drug-likeness (QED) is 0.694. The minimum Gasteiger partial charge on any atom is -0.489 e. The molecule has 0 aromatic heterocycles. The zero-order chi connectivity index (χ0) is 14.6. The molecule has 0 saturated carbocycles. The van der Waals surface area contributed by atoms with Gasteiger partial charge in [-0.05, 0) is 34.2 Å². The summed E-state index contributed by atoms with van der Waals surface area (Å²) in [6.07, 6.45) is 0. The Morgan fingerprint density at radius 3 is 2.30 bits per heavy atom. The lowest BCUT2D eigenvalue weighted by atomic mass is 9.87. The number of ether oxygens (including phenoxy) is 1. The van der Waals surface area contributed by atoms with Crippen molar-refractivity contribution < 1.29 is 4.74 Å². The van der Waals surface area contributed by atoms with E-state index in [-0.39, 0.29) is 5.41 Å². The van der Waals surface area contributed by atoms with Crippen LogP contribution in [0.15, 0.2) is 48.5 Å². The van der Waals surface area contributed by atoms with E-state index in [9.17, 15) is 0 Å². The zero-order valence-corrected chi connectivity index (χ0v) is 13.1. The molecule has 0 heterocycles. The average molecular weight is 289 g/mol. The van der Waals surface area contributed by atoms with Gasteiger partial charge in [0.05, 0.1) is 0 Å². The third kappa shape index (κ3) is 3.77. The second-order valence-electron chi connectivity index (χ2n) is 5.97. The van der Waals surface area contributed by atoms with Gasteiger partial charge in [0.2, 0.25) is 0 Å². The summed E-state index contributed by atoms with van der Waals surface area (Å²) in [6, 6.07) is 16.4. The van der Waals surface area contributed by atoms with Gasteiger partial charge in [0.1, 0.15) is 12.4 Å². The van der Waals surface area contributed by atoms with Gasteiger partial charge in [-0.2, -0.15) is 0 Å². The molecule has 1 nitrogen and oxygen atoms in total. The second kappa shape index (κ2) is 6.32. The molecule has 0 aliphatic heterocycles. The highest BCUT2D eigenvalue weighted by atomic mass is 35.5. The average Bonchev–Trinajstić information content (AvgIpc) is 2.45. The molecule has 2 rings (SSSR count). The summed E-state index contributed by atoms with van der Waals surface area (Å²) in [5.41, 5.74) is 3.68. The number of benzene rings is 2. The van der Waals surface area contributed by atoms with Crippen LogP contribution in [0.25, 0.3) is 0 Å². The van der Waals surface area contributed by atoms with Crippen molar-refractivity contribution in [3.8, 4) is 5.75 Å². The highest BCUT2D eigenvalue weighted by Crippen LogP contribution is 2.26. The molecule has 0 amide bonds. The molecule has 0 aliphatic carbocycles. The van der Waals surface area contributed by atoms with Crippen molar-refractivity contribution in [2.75, 3.05) is 0 Å². The van der Waals surface area contributed by atoms with E-state index < -0.39 is 0 Å². The predicted molar refractivity (Wildman–Crippen MR) is 85.5 cm³/mol. The molecule has 0 unspecified atom stereocenters. The van der Waals surface area contributed by atoms with E-state index >= 15 is 0 Å². The van der Waals surface area contributed by atoms with Crippen molar-refractivity contribution in [1.29, 1.82) is 0 Å². The first-order valence-corrected chi connectivity index (χ1v) is 7.40. The molecule has 0 aliphatic rings. The van der Waals surface area contributed by atoms with Gasteiger partial charge in [0, 0.05) is 5.88 Å². The number of hydrogen-bond donors (Lipinski definition) is 0. The summed E-state index contributed by atoms with van der Waals surface area (Å²) in [5, 5.41) is 0. The van der Waals surface area contributed by atoms with Crippen LogP contribution in [0.4, 0.5) is 0 Å². The molecule has 0 atom stereocenters. The van der Waals surface area contributed by atoms with Crippen LogP contribution in [0, 0.1) is 0 Å². The minimum absolute atomic E-state index is 0.132.